The lowest BCUT2D eigenvalue weighted by atomic mass is 10.1. The largest absolute Gasteiger partial charge is 0.416 e. The predicted octanol–water partition coefficient (Wildman–Crippen LogP) is 5.35. The van der Waals surface area contributed by atoms with Crippen LogP contribution in [0, 0.1) is 12.7 Å². The van der Waals surface area contributed by atoms with E-state index in [4.69, 9.17) is 11.6 Å². The van der Waals surface area contributed by atoms with E-state index in [2.05, 4.69) is 10.2 Å². The van der Waals surface area contributed by atoms with Crippen molar-refractivity contribution in [1.29, 1.82) is 0 Å². The molecule has 0 saturated carbocycles. The molecule has 2 aromatic carbocycles. The Morgan fingerprint density at radius 1 is 1.12 bits per heavy atom. The van der Waals surface area contributed by atoms with Crippen LogP contribution in [0.4, 0.5) is 17.6 Å². The number of aryl methyl sites for hydroxylation is 1. The molecule has 1 atom stereocenters. The average molecular weight is 481 g/mol. The number of hydrogen-bond acceptors (Lipinski definition) is 3. The molecule has 3 aromatic rings. The molecule has 0 bridgehead atoms. The Kier molecular flexibility index (Phi) is 6.43. The van der Waals surface area contributed by atoms with E-state index in [1.807, 2.05) is 23.6 Å². The molecule has 10 heteroatoms. The highest BCUT2D eigenvalue weighted by atomic mass is 35.5. The maximum absolute atomic E-state index is 13.8. The van der Waals surface area contributed by atoms with Crippen LogP contribution in [-0.2, 0) is 23.9 Å². The molecular weight excluding hydrogens is 460 g/mol. The number of halogens is 5. The molecule has 0 spiro atoms. The fourth-order valence-electron chi connectivity index (χ4n) is 4.14. The zero-order valence-electron chi connectivity index (χ0n) is 17.7. The lowest BCUT2D eigenvalue weighted by Gasteiger charge is -2.25. The Morgan fingerprint density at radius 3 is 2.55 bits per heavy atom. The summed E-state index contributed by atoms with van der Waals surface area (Å²) in [5.41, 5.74) is -0.141. The summed E-state index contributed by atoms with van der Waals surface area (Å²) < 4.78 is 54.8. The first kappa shape index (κ1) is 23.2. The van der Waals surface area contributed by atoms with Crippen LogP contribution in [0.3, 0.4) is 0 Å². The standard InChI is InChI=1S/C23H21ClF4N4O/c1-14-29-30-22(32(14)13-15-4-6-18(24)7-5-15)20-3-2-8-31(20)21(33)11-16-9-17(23(26,27)28)12-19(25)10-16/h4-7,9-10,12,20H,2-3,8,11,13H2,1H3/t20-/m1/s1. The molecule has 0 aliphatic carbocycles. The molecule has 0 N–H and O–H groups in total. The molecule has 2 heterocycles. The van der Waals surface area contributed by atoms with Gasteiger partial charge in [0.25, 0.3) is 0 Å². The van der Waals surface area contributed by atoms with Crippen molar-refractivity contribution in [3.63, 3.8) is 0 Å². The summed E-state index contributed by atoms with van der Waals surface area (Å²) in [6.45, 7) is 2.75. The Bertz CT molecular complexity index is 1160. The van der Waals surface area contributed by atoms with E-state index in [0.717, 1.165) is 24.1 Å². The van der Waals surface area contributed by atoms with Crippen molar-refractivity contribution in [1.82, 2.24) is 19.7 Å². The van der Waals surface area contributed by atoms with Crippen molar-refractivity contribution in [2.75, 3.05) is 6.54 Å². The minimum Gasteiger partial charge on any atom is -0.332 e. The van der Waals surface area contributed by atoms with Gasteiger partial charge in [0.15, 0.2) is 5.82 Å². The van der Waals surface area contributed by atoms with E-state index in [1.165, 1.54) is 0 Å². The Labute approximate surface area is 193 Å². The first-order valence-electron chi connectivity index (χ1n) is 10.4. The van der Waals surface area contributed by atoms with Gasteiger partial charge in [-0.1, -0.05) is 23.7 Å². The second-order valence-electron chi connectivity index (χ2n) is 8.09. The summed E-state index contributed by atoms with van der Waals surface area (Å²) in [5.74, 6) is -0.110. The van der Waals surface area contributed by atoms with Crippen LogP contribution in [0.1, 0.15) is 47.2 Å². The van der Waals surface area contributed by atoms with Crippen LogP contribution in [0.25, 0.3) is 0 Å². The van der Waals surface area contributed by atoms with Gasteiger partial charge in [-0.05, 0) is 61.2 Å². The van der Waals surface area contributed by atoms with Gasteiger partial charge in [0.05, 0.1) is 24.6 Å². The highest BCUT2D eigenvalue weighted by Crippen LogP contribution is 2.33. The molecule has 1 aliphatic heterocycles. The molecule has 1 amide bonds. The van der Waals surface area contributed by atoms with Crippen LogP contribution in [0.15, 0.2) is 42.5 Å². The van der Waals surface area contributed by atoms with E-state index in [-0.39, 0.29) is 23.9 Å². The number of hydrogen-bond donors (Lipinski definition) is 0. The van der Waals surface area contributed by atoms with E-state index >= 15 is 0 Å². The van der Waals surface area contributed by atoms with Crippen LogP contribution >= 0.6 is 11.6 Å². The molecule has 1 aliphatic rings. The maximum atomic E-state index is 13.8. The zero-order chi connectivity index (χ0) is 23.8. The van der Waals surface area contributed by atoms with Crippen molar-refractivity contribution < 1.29 is 22.4 Å². The van der Waals surface area contributed by atoms with Gasteiger partial charge in [-0.3, -0.25) is 4.79 Å². The Balaban J connectivity index is 1.56. The molecule has 1 fully saturated rings. The summed E-state index contributed by atoms with van der Waals surface area (Å²) in [6.07, 6.45) is -3.64. The van der Waals surface area contributed by atoms with Gasteiger partial charge in [-0.15, -0.1) is 10.2 Å². The predicted molar refractivity (Wildman–Crippen MR) is 114 cm³/mol. The minimum atomic E-state index is -4.69. The zero-order valence-corrected chi connectivity index (χ0v) is 18.5. The number of rotatable bonds is 5. The molecule has 174 valence electrons. The SMILES string of the molecule is Cc1nnc([C@H]2CCCN2C(=O)Cc2cc(F)cc(C(F)(F)F)c2)n1Cc1ccc(Cl)cc1. The number of alkyl halides is 3. The molecule has 33 heavy (non-hydrogen) atoms. The first-order valence-corrected chi connectivity index (χ1v) is 10.8. The second-order valence-corrected chi connectivity index (χ2v) is 8.52. The highest BCUT2D eigenvalue weighted by molar-refractivity contribution is 6.30. The van der Waals surface area contributed by atoms with Gasteiger partial charge < -0.3 is 9.47 Å². The van der Waals surface area contributed by atoms with Gasteiger partial charge in [-0.2, -0.15) is 13.2 Å². The van der Waals surface area contributed by atoms with Crippen LogP contribution in [-0.4, -0.2) is 32.1 Å². The maximum Gasteiger partial charge on any atom is 0.416 e. The van der Waals surface area contributed by atoms with Crippen molar-refractivity contribution in [2.24, 2.45) is 0 Å². The number of aromatic nitrogens is 3. The lowest BCUT2D eigenvalue weighted by Crippen LogP contribution is -2.33. The summed E-state index contributed by atoms with van der Waals surface area (Å²) in [5, 5.41) is 9.10. The number of nitrogens with zero attached hydrogens (tertiary/aromatic N) is 4. The number of amides is 1. The highest BCUT2D eigenvalue weighted by Gasteiger charge is 2.35. The molecule has 4 rings (SSSR count). The molecule has 5 nitrogen and oxygen atoms in total. The molecule has 0 unspecified atom stereocenters. The quantitative estimate of drug-likeness (QED) is 0.462. The smallest absolute Gasteiger partial charge is 0.332 e. The molecule has 1 saturated heterocycles. The third-order valence-corrected chi connectivity index (χ3v) is 5.98. The Hall–Kier alpha value is -2.94. The number of benzene rings is 2. The third-order valence-electron chi connectivity index (χ3n) is 5.73. The number of carbonyl (C=O) groups is 1. The van der Waals surface area contributed by atoms with E-state index in [1.54, 1.807) is 17.0 Å². The number of carbonyl (C=O) groups excluding carboxylic acids is 1. The number of likely N-dealkylation sites (tertiary alicyclic amines) is 1. The summed E-state index contributed by atoms with van der Waals surface area (Å²) >= 11 is 5.96. The van der Waals surface area contributed by atoms with Gasteiger partial charge in [0.1, 0.15) is 11.6 Å². The van der Waals surface area contributed by atoms with Gasteiger partial charge in [0, 0.05) is 11.6 Å². The van der Waals surface area contributed by atoms with E-state index < -0.39 is 17.6 Å². The van der Waals surface area contributed by atoms with Crippen LogP contribution < -0.4 is 0 Å². The lowest BCUT2D eigenvalue weighted by molar-refractivity contribution is -0.138. The van der Waals surface area contributed by atoms with Gasteiger partial charge in [0.2, 0.25) is 5.91 Å². The normalized spacial score (nSPS) is 16.4. The second kappa shape index (κ2) is 9.13. The van der Waals surface area contributed by atoms with Crippen LogP contribution in [0.5, 0.6) is 0 Å². The first-order chi connectivity index (χ1) is 15.6. The summed E-state index contributed by atoms with van der Waals surface area (Å²) in [4.78, 5) is 14.6. The fraction of sp³-hybridized carbons (Fsp3) is 0.348. The van der Waals surface area contributed by atoms with Crippen molar-refractivity contribution in [3.05, 3.63) is 81.6 Å². The van der Waals surface area contributed by atoms with Gasteiger partial charge >= 0.3 is 6.18 Å². The van der Waals surface area contributed by atoms with Crippen molar-refractivity contribution >= 4 is 17.5 Å². The molecule has 1 aromatic heterocycles. The fourth-order valence-corrected chi connectivity index (χ4v) is 4.26. The Morgan fingerprint density at radius 2 is 1.85 bits per heavy atom. The summed E-state index contributed by atoms with van der Waals surface area (Å²) in [7, 11) is 0. The summed E-state index contributed by atoms with van der Waals surface area (Å²) in [6, 6.07) is 9.21. The van der Waals surface area contributed by atoms with E-state index in [0.29, 0.717) is 42.2 Å². The average Bonchev–Trinajstić information content (AvgIpc) is 3.36. The topological polar surface area (TPSA) is 51.0 Å². The minimum absolute atomic E-state index is 0.0169. The third kappa shape index (κ3) is 5.19. The van der Waals surface area contributed by atoms with Gasteiger partial charge in [-0.25, -0.2) is 4.39 Å². The van der Waals surface area contributed by atoms with E-state index in [9.17, 15) is 22.4 Å². The molecule has 0 radical (unpaired) electrons. The monoisotopic (exact) mass is 480 g/mol. The molecular formula is C23H21ClF4N4O. The van der Waals surface area contributed by atoms with Crippen LogP contribution in [0.2, 0.25) is 5.02 Å². The van der Waals surface area contributed by atoms with Crippen molar-refractivity contribution in [2.45, 2.75) is 44.9 Å². The van der Waals surface area contributed by atoms with Crippen molar-refractivity contribution in [3.8, 4) is 0 Å².